The van der Waals surface area contributed by atoms with E-state index in [9.17, 15) is 4.39 Å². The highest BCUT2D eigenvalue weighted by Gasteiger charge is 2.24. The molecular formula is C17H16FNO. The molecule has 0 aliphatic carbocycles. The zero-order chi connectivity index (χ0) is 14.5. The van der Waals surface area contributed by atoms with E-state index in [1.807, 2.05) is 26.0 Å². The van der Waals surface area contributed by atoms with Gasteiger partial charge in [0.1, 0.15) is 11.9 Å². The maximum absolute atomic E-state index is 12.9. The Morgan fingerprint density at radius 3 is 2.50 bits per heavy atom. The van der Waals surface area contributed by atoms with Crippen molar-refractivity contribution in [3.05, 3.63) is 70.5 Å². The summed E-state index contributed by atoms with van der Waals surface area (Å²) in [4.78, 5) is 0. The fraction of sp³-hybridized carbons (Fsp3) is 0.235. The number of hydrogen-bond donors (Lipinski definition) is 0. The second-order valence-electron chi connectivity index (χ2n) is 4.27. The number of ether oxygens (including phenoxy) is 1. The molecule has 0 saturated heterocycles. The molecule has 2 nitrogen and oxygen atoms in total. The number of benzene rings is 2. The molecule has 0 N–H and O–H groups in total. The van der Waals surface area contributed by atoms with Crippen molar-refractivity contribution < 1.29 is 9.13 Å². The molecule has 1 aliphatic heterocycles. The van der Waals surface area contributed by atoms with Gasteiger partial charge in [0.05, 0.1) is 18.2 Å². The lowest BCUT2D eigenvalue weighted by molar-refractivity contribution is 0.0939. The summed E-state index contributed by atoms with van der Waals surface area (Å²) < 4.78 is 18.6. The van der Waals surface area contributed by atoms with E-state index >= 15 is 0 Å². The maximum atomic E-state index is 12.9. The second kappa shape index (κ2) is 6.31. The molecule has 1 unspecified atom stereocenters. The summed E-state index contributed by atoms with van der Waals surface area (Å²) in [7, 11) is 0. The molecule has 1 atom stereocenters. The molecule has 102 valence electrons. The Morgan fingerprint density at radius 2 is 1.85 bits per heavy atom. The first-order valence-electron chi connectivity index (χ1n) is 6.68. The third kappa shape index (κ3) is 2.71. The quantitative estimate of drug-likeness (QED) is 0.771. The van der Waals surface area contributed by atoms with Crippen molar-refractivity contribution in [1.82, 2.24) is 0 Å². The molecule has 0 spiro atoms. The predicted molar refractivity (Wildman–Crippen MR) is 75.5 cm³/mol. The lowest BCUT2D eigenvalue weighted by Crippen LogP contribution is -1.98. The van der Waals surface area contributed by atoms with Gasteiger partial charge in [-0.15, -0.1) is 0 Å². The van der Waals surface area contributed by atoms with Gasteiger partial charge in [-0.3, -0.25) is 0 Å². The monoisotopic (exact) mass is 269 g/mol. The highest BCUT2D eigenvalue weighted by molar-refractivity contribution is 5.44. The summed E-state index contributed by atoms with van der Waals surface area (Å²) in [5, 5.41) is 8.85. The van der Waals surface area contributed by atoms with Crippen molar-refractivity contribution in [2.24, 2.45) is 0 Å². The van der Waals surface area contributed by atoms with Crippen LogP contribution in [-0.2, 0) is 11.3 Å². The van der Waals surface area contributed by atoms with Gasteiger partial charge in [0.15, 0.2) is 0 Å². The first kappa shape index (κ1) is 14.2. The molecule has 2 aromatic carbocycles. The Kier molecular flexibility index (Phi) is 4.49. The van der Waals surface area contributed by atoms with Gasteiger partial charge in [-0.2, -0.15) is 5.26 Å². The topological polar surface area (TPSA) is 33.0 Å². The van der Waals surface area contributed by atoms with E-state index in [2.05, 4.69) is 6.07 Å². The molecule has 0 amide bonds. The molecule has 0 saturated carbocycles. The molecule has 20 heavy (non-hydrogen) atoms. The summed E-state index contributed by atoms with van der Waals surface area (Å²) in [5.74, 6) is -0.253. The third-order valence-corrected chi connectivity index (χ3v) is 3.13. The van der Waals surface area contributed by atoms with Crippen molar-refractivity contribution in [2.45, 2.75) is 26.6 Å². The summed E-state index contributed by atoms with van der Waals surface area (Å²) in [6.07, 6.45) is -0.159. The number of fused-ring (bicyclic) bond motifs is 1. The Bertz CT molecular complexity index is 628. The van der Waals surface area contributed by atoms with Gasteiger partial charge in [0.25, 0.3) is 0 Å². The van der Waals surface area contributed by atoms with E-state index in [1.54, 1.807) is 18.2 Å². The van der Waals surface area contributed by atoms with Crippen molar-refractivity contribution in [1.29, 1.82) is 5.26 Å². The number of nitriles is 1. The van der Waals surface area contributed by atoms with E-state index in [-0.39, 0.29) is 11.9 Å². The molecule has 0 bridgehead atoms. The van der Waals surface area contributed by atoms with Crippen LogP contribution in [0.5, 0.6) is 0 Å². The molecule has 0 fully saturated rings. The molecule has 1 heterocycles. The summed E-state index contributed by atoms with van der Waals surface area (Å²) in [5.41, 5.74) is 3.65. The van der Waals surface area contributed by atoms with Gasteiger partial charge in [-0.25, -0.2) is 4.39 Å². The van der Waals surface area contributed by atoms with Crippen molar-refractivity contribution in [3.63, 3.8) is 0 Å². The number of halogens is 1. The van der Waals surface area contributed by atoms with E-state index in [1.165, 1.54) is 12.1 Å². The van der Waals surface area contributed by atoms with Crippen molar-refractivity contribution in [2.75, 3.05) is 0 Å². The van der Waals surface area contributed by atoms with Gasteiger partial charge >= 0.3 is 0 Å². The van der Waals surface area contributed by atoms with Crippen LogP contribution in [0.25, 0.3) is 0 Å². The number of hydrogen-bond acceptors (Lipinski definition) is 2. The normalized spacial score (nSPS) is 15.8. The van der Waals surface area contributed by atoms with Crippen LogP contribution in [0.15, 0.2) is 42.5 Å². The number of rotatable bonds is 1. The minimum atomic E-state index is -0.253. The zero-order valence-corrected chi connectivity index (χ0v) is 11.6. The Morgan fingerprint density at radius 1 is 1.15 bits per heavy atom. The van der Waals surface area contributed by atoms with Crippen LogP contribution in [0.1, 0.15) is 42.2 Å². The summed E-state index contributed by atoms with van der Waals surface area (Å²) >= 11 is 0. The van der Waals surface area contributed by atoms with Gasteiger partial charge in [0.2, 0.25) is 0 Å². The molecule has 3 heteroatoms. The van der Waals surface area contributed by atoms with Gasteiger partial charge in [0, 0.05) is 0 Å². The molecular weight excluding hydrogens is 253 g/mol. The summed E-state index contributed by atoms with van der Waals surface area (Å²) in [6, 6.07) is 14.0. The van der Waals surface area contributed by atoms with Crippen molar-refractivity contribution in [3.8, 4) is 6.07 Å². The van der Waals surface area contributed by atoms with Crippen LogP contribution in [0, 0.1) is 17.1 Å². The minimum absolute atomic E-state index is 0.159. The smallest absolute Gasteiger partial charge is 0.123 e. The fourth-order valence-electron chi connectivity index (χ4n) is 2.23. The van der Waals surface area contributed by atoms with E-state index in [4.69, 9.17) is 10.00 Å². The SMILES string of the molecule is CC.N#Cc1ccc2c(c1)COC2c1ccc(F)cc1. The van der Waals surface area contributed by atoms with Gasteiger partial charge in [-0.1, -0.05) is 32.0 Å². The molecule has 1 aliphatic rings. The molecule has 3 rings (SSSR count). The predicted octanol–water partition coefficient (Wildman–Crippen LogP) is 4.34. The fourth-order valence-corrected chi connectivity index (χ4v) is 2.23. The van der Waals surface area contributed by atoms with E-state index in [0.29, 0.717) is 12.2 Å². The van der Waals surface area contributed by atoms with Crippen LogP contribution in [0.3, 0.4) is 0 Å². The van der Waals surface area contributed by atoms with E-state index in [0.717, 1.165) is 16.7 Å². The van der Waals surface area contributed by atoms with Crippen LogP contribution >= 0.6 is 0 Å². The van der Waals surface area contributed by atoms with Crippen LogP contribution in [-0.4, -0.2) is 0 Å². The zero-order valence-electron chi connectivity index (χ0n) is 11.6. The van der Waals surface area contributed by atoms with E-state index < -0.39 is 0 Å². The minimum Gasteiger partial charge on any atom is -0.364 e. The molecule has 0 aromatic heterocycles. The summed E-state index contributed by atoms with van der Waals surface area (Å²) in [6.45, 7) is 4.49. The lowest BCUT2D eigenvalue weighted by Gasteiger charge is -2.11. The third-order valence-electron chi connectivity index (χ3n) is 3.13. The lowest BCUT2D eigenvalue weighted by atomic mass is 9.98. The van der Waals surface area contributed by atoms with Crippen LogP contribution < -0.4 is 0 Å². The standard InChI is InChI=1S/C15H10FNO.C2H6/c16-13-4-2-11(3-5-13)15-14-6-1-10(8-17)7-12(14)9-18-15;1-2/h1-7,15H,9H2;1-2H3. The number of nitrogens with zero attached hydrogens (tertiary/aromatic N) is 1. The van der Waals surface area contributed by atoms with Crippen LogP contribution in [0.2, 0.25) is 0 Å². The van der Waals surface area contributed by atoms with Gasteiger partial charge < -0.3 is 4.74 Å². The average Bonchev–Trinajstić information content (AvgIpc) is 2.93. The second-order valence-corrected chi connectivity index (χ2v) is 4.27. The maximum Gasteiger partial charge on any atom is 0.123 e. The first-order chi connectivity index (χ1) is 9.78. The Hall–Kier alpha value is -2.18. The van der Waals surface area contributed by atoms with Crippen molar-refractivity contribution >= 4 is 0 Å². The first-order valence-corrected chi connectivity index (χ1v) is 6.68. The Balaban J connectivity index is 0.000000704. The average molecular weight is 269 g/mol. The van der Waals surface area contributed by atoms with Crippen LogP contribution in [0.4, 0.5) is 4.39 Å². The largest absolute Gasteiger partial charge is 0.364 e. The molecule has 0 radical (unpaired) electrons. The highest BCUT2D eigenvalue weighted by atomic mass is 19.1. The van der Waals surface area contributed by atoms with Gasteiger partial charge in [-0.05, 0) is 41.0 Å². The molecule has 2 aromatic rings. The Labute approximate surface area is 118 Å². The highest BCUT2D eigenvalue weighted by Crippen LogP contribution is 2.36.